The fourth-order valence-electron chi connectivity index (χ4n) is 1.33. The highest BCUT2D eigenvalue weighted by Crippen LogP contribution is 2.25. The van der Waals surface area contributed by atoms with Crippen LogP contribution in [-0.4, -0.2) is 9.97 Å². The molecule has 0 saturated heterocycles. The topological polar surface area (TPSA) is 55.0 Å². The molecule has 0 aliphatic carbocycles. The molecule has 1 aromatic heterocycles. The highest BCUT2D eigenvalue weighted by Gasteiger charge is 2.08. The quantitative estimate of drug-likeness (QED) is 0.926. The predicted octanol–water partition coefficient (Wildman–Crippen LogP) is 2.94. The van der Waals surface area contributed by atoms with E-state index in [2.05, 4.69) is 25.9 Å². The van der Waals surface area contributed by atoms with Gasteiger partial charge < -0.3 is 9.72 Å². The van der Waals surface area contributed by atoms with Crippen LogP contribution in [0.2, 0.25) is 0 Å². The highest BCUT2D eigenvalue weighted by molar-refractivity contribution is 9.10. The van der Waals surface area contributed by atoms with Crippen molar-refractivity contribution in [1.29, 1.82) is 0 Å². The standard InChI is InChI=1S/C12H11BrN2O2/c1-7-3-4-9(5-8(7)2)17-12-10(13)11(16)14-6-15-12/h3-6H,1-2H3,(H,14,15,16). The largest absolute Gasteiger partial charge is 0.438 e. The normalized spacial score (nSPS) is 10.3. The molecular formula is C12H11BrN2O2. The van der Waals surface area contributed by atoms with Gasteiger partial charge in [0.05, 0.1) is 6.33 Å². The summed E-state index contributed by atoms with van der Waals surface area (Å²) in [6.07, 6.45) is 1.31. The zero-order valence-electron chi connectivity index (χ0n) is 9.45. The van der Waals surface area contributed by atoms with E-state index in [1.165, 1.54) is 11.9 Å². The van der Waals surface area contributed by atoms with Crippen LogP contribution in [0, 0.1) is 13.8 Å². The van der Waals surface area contributed by atoms with Gasteiger partial charge in [0.25, 0.3) is 5.56 Å². The van der Waals surface area contributed by atoms with Crippen LogP contribution in [0.5, 0.6) is 11.6 Å². The smallest absolute Gasteiger partial charge is 0.268 e. The molecule has 1 aromatic carbocycles. The average molecular weight is 295 g/mol. The molecule has 0 bridgehead atoms. The van der Waals surface area contributed by atoms with Gasteiger partial charge >= 0.3 is 0 Å². The van der Waals surface area contributed by atoms with E-state index >= 15 is 0 Å². The number of aromatic nitrogens is 2. The Labute approximate surface area is 107 Å². The molecule has 4 nitrogen and oxygen atoms in total. The number of hydrogen-bond acceptors (Lipinski definition) is 3. The SMILES string of the molecule is Cc1ccc(Oc2nc[nH]c(=O)c2Br)cc1C. The molecule has 5 heteroatoms. The van der Waals surface area contributed by atoms with Gasteiger partial charge in [-0.2, -0.15) is 0 Å². The van der Waals surface area contributed by atoms with Crippen LogP contribution in [0.25, 0.3) is 0 Å². The van der Waals surface area contributed by atoms with Crippen molar-refractivity contribution in [2.45, 2.75) is 13.8 Å². The van der Waals surface area contributed by atoms with Gasteiger partial charge in [-0.1, -0.05) is 6.07 Å². The number of ether oxygens (including phenoxy) is 1. The molecule has 17 heavy (non-hydrogen) atoms. The molecule has 0 saturated carbocycles. The van der Waals surface area contributed by atoms with Gasteiger partial charge in [-0.15, -0.1) is 0 Å². The summed E-state index contributed by atoms with van der Waals surface area (Å²) in [4.78, 5) is 17.7. The van der Waals surface area contributed by atoms with E-state index in [0.717, 1.165) is 5.56 Å². The van der Waals surface area contributed by atoms with Crippen molar-refractivity contribution in [3.05, 3.63) is 50.5 Å². The molecule has 1 N–H and O–H groups in total. The minimum atomic E-state index is -0.265. The van der Waals surface area contributed by atoms with Crippen molar-refractivity contribution in [1.82, 2.24) is 9.97 Å². The summed E-state index contributed by atoms with van der Waals surface area (Å²) in [6, 6.07) is 5.72. The molecule has 0 unspecified atom stereocenters. The van der Waals surface area contributed by atoms with Crippen LogP contribution in [0.1, 0.15) is 11.1 Å². The Morgan fingerprint density at radius 3 is 2.76 bits per heavy atom. The molecule has 0 atom stereocenters. The molecule has 0 amide bonds. The monoisotopic (exact) mass is 294 g/mol. The third-order valence-corrected chi connectivity index (χ3v) is 3.16. The average Bonchev–Trinajstić information content (AvgIpc) is 2.30. The first-order chi connectivity index (χ1) is 8.08. The molecule has 1 heterocycles. The second-order valence-electron chi connectivity index (χ2n) is 3.70. The second kappa shape index (κ2) is 4.71. The number of H-pyrrole nitrogens is 1. The molecule has 0 radical (unpaired) electrons. The van der Waals surface area contributed by atoms with Gasteiger partial charge in [0.1, 0.15) is 10.2 Å². The Hall–Kier alpha value is -1.62. The lowest BCUT2D eigenvalue weighted by atomic mass is 10.1. The lowest BCUT2D eigenvalue weighted by Crippen LogP contribution is -2.08. The molecular weight excluding hydrogens is 284 g/mol. The highest BCUT2D eigenvalue weighted by atomic mass is 79.9. The number of benzene rings is 1. The van der Waals surface area contributed by atoms with E-state index in [0.29, 0.717) is 10.2 Å². The lowest BCUT2D eigenvalue weighted by Gasteiger charge is -2.07. The van der Waals surface area contributed by atoms with Crippen LogP contribution in [0.3, 0.4) is 0 Å². The molecule has 2 aromatic rings. The molecule has 0 aliphatic heterocycles. The Balaban J connectivity index is 2.35. The van der Waals surface area contributed by atoms with Gasteiger partial charge in [0, 0.05) is 0 Å². The number of halogens is 1. The van der Waals surface area contributed by atoms with E-state index in [-0.39, 0.29) is 11.4 Å². The molecule has 0 spiro atoms. The van der Waals surface area contributed by atoms with Crippen LogP contribution in [0.4, 0.5) is 0 Å². The summed E-state index contributed by atoms with van der Waals surface area (Å²) in [5.41, 5.74) is 2.05. The van der Waals surface area contributed by atoms with Crippen molar-refractivity contribution in [2.24, 2.45) is 0 Å². The molecule has 0 fully saturated rings. The maximum absolute atomic E-state index is 11.3. The Bertz CT molecular complexity index is 608. The molecule has 0 aliphatic rings. The summed E-state index contributed by atoms with van der Waals surface area (Å²) in [5, 5.41) is 0. The van der Waals surface area contributed by atoms with Gasteiger partial charge in [0.2, 0.25) is 5.88 Å². The fourth-order valence-corrected chi connectivity index (χ4v) is 1.62. The number of aromatic amines is 1. The molecule has 88 valence electrons. The summed E-state index contributed by atoms with van der Waals surface area (Å²) in [7, 11) is 0. The van der Waals surface area contributed by atoms with Crippen molar-refractivity contribution < 1.29 is 4.74 Å². The minimum absolute atomic E-state index is 0.261. The van der Waals surface area contributed by atoms with Crippen LogP contribution < -0.4 is 10.3 Å². The third kappa shape index (κ3) is 2.55. The summed E-state index contributed by atoms with van der Waals surface area (Å²) < 4.78 is 5.84. The molecule has 2 rings (SSSR count). The second-order valence-corrected chi connectivity index (χ2v) is 4.49. The van der Waals surface area contributed by atoms with Crippen LogP contribution >= 0.6 is 15.9 Å². The van der Waals surface area contributed by atoms with E-state index in [9.17, 15) is 4.79 Å². The maximum atomic E-state index is 11.3. The number of nitrogens with one attached hydrogen (secondary N) is 1. The van der Waals surface area contributed by atoms with E-state index in [1.807, 2.05) is 32.0 Å². The van der Waals surface area contributed by atoms with Crippen molar-refractivity contribution >= 4 is 15.9 Å². The summed E-state index contributed by atoms with van der Waals surface area (Å²) >= 11 is 3.14. The summed E-state index contributed by atoms with van der Waals surface area (Å²) in [5.74, 6) is 0.920. The first kappa shape index (κ1) is 11.9. The van der Waals surface area contributed by atoms with E-state index in [1.54, 1.807) is 0 Å². The predicted molar refractivity (Wildman–Crippen MR) is 68.5 cm³/mol. The number of hydrogen-bond donors (Lipinski definition) is 1. The first-order valence-electron chi connectivity index (χ1n) is 5.06. The van der Waals surface area contributed by atoms with Crippen LogP contribution in [-0.2, 0) is 0 Å². The Kier molecular flexibility index (Phi) is 3.28. The maximum Gasteiger partial charge on any atom is 0.268 e. The van der Waals surface area contributed by atoms with Crippen molar-refractivity contribution in [3.8, 4) is 11.6 Å². The summed E-state index contributed by atoms with van der Waals surface area (Å²) in [6.45, 7) is 4.03. The number of nitrogens with zero attached hydrogens (tertiary/aromatic N) is 1. The first-order valence-corrected chi connectivity index (χ1v) is 5.85. The lowest BCUT2D eigenvalue weighted by molar-refractivity contribution is 0.456. The van der Waals surface area contributed by atoms with Crippen molar-refractivity contribution in [3.63, 3.8) is 0 Å². The van der Waals surface area contributed by atoms with Gasteiger partial charge in [-0.3, -0.25) is 4.79 Å². The number of aryl methyl sites for hydroxylation is 2. The zero-order chi connectivity index (χ0) is 12.4. The third-order valence-electron chi connectivity index (χ3n) is 2.46. The minimum Gasteiger partial charge on any atom is -0.438 e. The van der Waals surface area contributed by atoms with E-state index in [4.69, 9.17) is 4.74 Å². The Morgan fingerprint density at radius 1 is 1.29 bits per heavy atom. The number of rotatable bonds is 2. The van der Waals surface area contributed by atoms with Gasteiger partial charge in [0.15, 0.2) is 0 Å². The van der Waals surface area contributed by atoms with Gasteiger partial charge in [-0.25, -0.2) is 4.98 Å². The van der Waals surface area contributed by atoms with Crippen molar-refractivity contribution in [2.75, 3.05) is 0 Å². The fraction of sp³-hybridized carbons (Fsp3) is 0.167. The van der Waals surface area contributed by atoms with Crippen LogP contribution in [0.15, 0.2) is 33.8 Å². The van der Waals surface area contributed by atoms with E-state index < -0.39 is 0 Å². The van der Waals surface area contributed by atoms with Gasteiger partial charge in [-0.05, 0) is 53.0 Å². The zero-order valence-corrected chi connectivity index (χ0v) is 11.0. The Morgan fingerprint density at radius 2 is 2.06 bits per heavy atom.